The third-order valence-corrected chi connectivity index (χ3v) is 5.73. The van der Waals surface area contributed by atoms with E-state index in [0.29, 0.717) is 26.3 Å². The molecule has 138 valence electrons. The van der Waals surface area contributed by atoms with E-state index in [1.54, 1.807) is 0 Å². The standard InChI is InChI=1S/C17H25N3O4S/c18-25(22,23)10-4-7-17(21)19-8-9-20-15(11-19)12-24-13-16(20)14-5-2-1-3-6-14/h1-3,5-6,15-16H,4,7-13H2,(H2,18,22,23)/t15-,16-/m1/s1. The van der Waals surface area contributed by atoms with E-state index >= 15 is 0 Å². The molecule has 2 atom stereocenters. The number of hydrogen-bond acceptors (Lipinski definition) is 5. The fraction of sp³-hybridized carbons (Fsp3) is 0.588. The number of hydrogen-bond donors (Lipinski definition) is 1. The van der Waals surface area contributed by atoms with Crippen LogP contribution in [0.15, 0.2) is 30.3 Å². The molecule has 1 amide bonds. The van der Waals surface area contributed by atoms with Gasteiger partial charge in [-0.2, -0.15) is 0 Å². The van der Waals surface area contributed by atoms with Crippen LogP contribution in [0.5, 0.6) is 0 Å². The third kappa shape index (κ3) is 4.78. The van der Waals surface area contributed by atoms with Crippen LogP contribution in [0, 0.1) is 0 Å². The smallest absolute Gasteiger partial charge is 0.222 e. The summed E-state index contributed by atoms with van der Waals surface area (Å²) < 4.78 is 27.7. The van der Waals surface area contributed by atoms with Crippen molar-refractivity contribution in [2.45, 2.75) is 24.9 Å². The van der Waals surface area contributed by atoms with Gasteiger partial charge >= 0.3 is 0 Å². The molecule has 1 aromatic rings. The Labute approximate surface area is 148 Å². The second-order valence-corrected chi connectivity index (χ2v) is 8.40. The van der Waals surface area contributed by atoms with Crippen molar-refractivity contribution < 1.29 is 17.9 Å². The van der Waals surface area contributed by atoms with Crippen molar-refractivity contribution in [3.05, 3.63) is 35.9 Å². The predicted molar refractivity (Wildman–Crippen MR) is 94.3 cm³/mol. The Morgan fingerprint density at radius 2 is 1.96 bits per heavy atom. The number of nitrogens with two attached hydrogens (primary N) is 1. The average Bonchev–Trinajstić information content (AvgIpc) is 2.60. The molecule has 2 aliphatic heterocycles. The van der Waals surface area contributed by atoms with E-state index in [1.165, 1.54) is 5.56 Å². The van der Waals surface area contributed by atoms with Crippen molar-refractivity contribution in [2.24, 2.45) is 5.14 Å². The van der Waals surface area contributed by atoms with Crippen molar-refractivity contribution in [3.63, 3.8) is 0 Å². The molecule has 2 heterocycles. The molecule has 3 rings (SSSR count). The number of rotatable bonds is 5. The fourth-order valence-corrected chi connectivity index (χ4v) is 4.16. The molecule has 0 aromatic heterocycles. The van der Waals surface area contributed by atoms with Crippen LogP contribution in [0.2, 0.25) is 0 Å². The molecule has 0 saturated carbocycles. The largest absolute Gasteiger partial charge is 0.378 e. The summed E-state index contributed by atoms with van der Waals surface area (Å²) >= 11 is 0. The summed E-state index contributed by atoms with van der Waals surface area (Å²) in [6.07, 6.45) is 0.484. The van der Waals surface area contributed by atoms with Crippen LogP contribution in [0.3, 0.4) is 0 Å². The fourth-order valence-electron chi connectivity index (χ4n) is 3.61. The number of sulfonamides is 1. The van der Waals surface area contributed by atoms with Crippen molar-refractivity contribution in [2.75, 3.05) is 38.6 Å². The summed E-state index contributed by atoms with van der Waals surface area (Å²) in [4.78, 5) is 16.6. The van der Waals surface area contributed by atoms with Crippen LogP contribution >= 0.6 is 0 Å². The lowest BCUT2D eigenvalue weighted by atomic mass is 10.00. The Morgan fingerprint density at radius 3 is 2.68 bits per heavy atom. The number of piperazine rings is 1. The van der Waals surface area contributed by atoms with Crippen LogP contribution in [0.1, 0.15) is 24.4 Å². The van der Waals surface area contributed by atoms with Crippen LogP contribution in [-0.2, 0) is 19.6 Å². The molecule has 0 bridgehead atoms. The zero-order valence-corrected chi connectivity index (χ0v) is 15.0. The number of benzene rings is 1. The molecule has 2 fully saturated rings. The van der Waals surface area contributed by atoms with Crippen molar-refractivity contribution in [3.8, 4) is 0 Å². The molecule has 0 aliphatic carbocycles. The zero-order chi connectivity index (χ0) is 17.9. The third-order valence-electron chi connectivity index (χ3n) is 4.87. The number of morpholine rings is 1. The van der Waals surface area contributed by atoms with Gasteiger partial charge in [0.1, 0.15) is 0 Å². The van der Waals surface area contributed by atoms with E-state index in [9.17, 15) is 13.2 Å². The van der Waals surface area contributed by atoms with Crippen LogP contribution < -0.4 is 5.14 Å². The van der Waals surface area contributed by atoms with Gasteiger partial charge in [0, 0.05) is 26.1 Å². The average molecular weight is 367 g/mol. The first-order valence-corrected chi connectivity index (χ1v) is 10.3. The Morgan fingerprint density at radius 1 is 1.20 bits per heavy atom. The summed E-state index contributed by atoms with van der Waals surface area (Å²) in [5, 5.41) is 4.98. The predicted octanol–water partition coefficient (Wildman–Crippen LogP) is 0.339. The van der Waals surface area contributed by atoms with Gasteiger partial charge in [-0.25, -0.2) is 13.6 Å². The van der Waals surface area contributed by atoms with E-state index in [-0.39, 0.29) is 36.6 Å². The molecule has 0 spiro atoms. The molecule has 2 N–H and O–H groups in total. The number of amides is 1. The topological polar surface area (TPSA) is 92.9 Å². The maximum absolute atomic E-state index is 12.3. The highest BCUT2D eigenvalue weighted by atomic mass is 32.2. The highest BCUT2D eigenvalue weighted by Gasteiger charge is 2.37. The van der Waals surface area contributed by atoms with E-state index in [0.717, 1.165) is 6.54 Å². The number of carbonyl (C=O) groups excluding carboxylic acids is 1. The van der Waals surface area contributed by atoms with Crippen molar-refractivity contribution in [1.29, 1.82) is 0 Å². The summed E-state index contributed by atoms with van der Waals surface area (Å²) in [7, 11) is -3.51. The summed E-state index contributed by atoms with van der Waals surface area (Å²) in [5.41, 5.74) is 1.24. The molecule has 0 unspecified atom stereocenters. The van der Waals surface area contributed by atoms with Gasteiger partial charge < -0.3 is 9.64 Å². The first-order chi connectivity index (χ1) is 11.9. The lowest BCUT2D eigenvalue weighted by molar-refractivity contribution is -0.140. The minimum atomic E-state index is -3.51. The van der Waals surface area contributed by atoms with Gasteiger partial charge in [-0.15, -0.1) is 0 Å². The van der Waals surface area contributed by atoms with Crippen molar-refractivity contribution in [1.82, 2.24) is 9.80 Å². The van der Waals surface area contributed by atoms with Crippen LogP contribution in [-0.4, -0.2) is 68.8 Å². The van der Waals surface area contributed by atoms with Gasteiger partial charge in [-0.1, -0.05) is 30.3 Å². The number of primary sulfonamides is 1. The van der Waals surface area contributed by atoms with E-state index in [2.05, 4.69) is 17.0 Å². The summed E-state index contributed by atoms with van der Waals surface area (Å²) in [5.74, 6) is -0.161. The number of carbonyl (C=O) groups is 1. The normalized spacial score (nSPS) is 24.8. The minimum absolute atomic E-state index is 0.00913. The molecule has 2 aliphatic rings. The Hall–Kier alpha value is -1.48. The second-order valence-electron chi connectivity index (χ2n) is 6.67. The Bertz CT molecular complexity index is 695. The molecule has 0 radical (unpaired) electrons. The summed E-state index contributed by atoms with van der Waals surface area (Å²) in [6.45, 7) is 3.37. The first-order valence-electron chi connectivity index (χ1n) is 8.61. The van der Waals surface area contributed by atoms with Gasteiger partial charge in [-0.05, 0) is 12.0 Å². The van der Waals surface area contributed by atoms with Gasteiger partial charge in [0.2, 0.25) is 15.9 Å². The van der Waals surface area contributed by atoms with E-state index in [4.69, 9.17) is 9.88 Å². The maximum Gasteiger partial charge on any atom is 0.222 e. The van der Waals surface area contributed by atoms with E-state index < -0.39 is 10.0 Å². The molecular weight excluding hydrogens is 342 g/mol. The minimum Gasteiger partial charge on any atom is -0.378 e. The second kappa shape index (κ2) is 7.82. The molecule has 7 nitrogen and oxygen atoms in total. The van der Waals surface area contributed by atoms with Crippen LogP contribution in [0.25, 0.3) is 0 Å². The molecule has 2 saturated heterocycles. The Balaban J connectivity index is 1.57. The van der Waals surface area contributed by atoms with Gasteiger partial charge in [0.15, 0.2) is 0 Å². The molecule has 25 heavy (non-hydrogen) atoms. The van der Waals surface area contributed by atoms with E-state index in [1.807, 2.05) is 23.1 Å². The highest BCUT2D eigenvalue weighted by Crippen LogP contribution is 2.29. The molecule has 1 aromatic carbocycles. The van der Waals surface area contributed by atoms with Crippen molar-refractivity contribution >= 4 is 15.9 Å². The molecular formula is C17H25N3O4S. The SMILES string of the molecule is NS(=O)(=O)CCCC(=O)N1CCN2[C@@H](COC[C@@H]2c2ccccc2)C1. The maximum atomic E-state index is 12.3. The first kappa shape index (κ1) is 18.3. The number of nitrogens with zero attached hydrogens (tertiary/aromatic N) is 2. The lowest BCUT2D eigenvalue weighted by Gasteiger charge is -2.48. The lowest BCUT2D eigenvalue weighted by Crippen LogP contribution is -2.60. The highest BCUT2D eigenvalue weighted by molar-refractivity contribution is 7.89. The zero-order valence-electron chi connectivity index (χ0n) is 14.2. The van der Waals surface area contributed by atoms with Gasteiger partial charge in [-0.3, -0.25) is 9.69 Å². The van der Waals surface area contributed by atoms with Gasteiger partial charge in [0.25, 0.3) is 0 Å². The number of ether oxygens (including phenoxy) is 1. The van der Waals surface area contributed by atoms with Crippen LogP contribution in [0.4, 0.5) is 0 Å². The quantitative estimate of drug-likeness (QED) is 0.810. The molecule has 8 heteroatoms. The summed E-state index contributed by atoms with van der Waals surface area (Å²) in [6, 6.07) is 10.7. The monoisotopic (exact) mass is 367 g/mol. The number of fused-ring (bicyclic) bond motifs is 1. The Kier molecular flexibility index (Phi) is 5.73. The van der Waals surface area contributed by atoms with Gasteiger partial charge in [0.05, 0.1) is 31.1 Å².